The van der Waals surface area contributed by atoms with Crippen molar-refractivity contribution < 1.29 is 13.2 Å². The highest BCUT2D eigenvalue weighted by atomic mass is 32.2. The van der Waals surface area contributed by atoms with E-state index in [2.05, 4.69) is 0 Å². The van der Waals surface area contributed by atoms with Gasteiger partial charge in [-0.25, -0.2) is 8.42 Å². The second kappa shape index (κ2) is 5.02. The number of rotatable bonds is 5. The number of nitriles is 1. The fraction of sp³-hybridized carbons (Fsp3) is 0.467. The molecule has 1 aromatic rings. The second-order valence-corrected chi connectivity index (χ2v) is 7.52. The minimum Gasteiger partial charge on any atom is -0.302 e. The van der Waals surface area contributed by atoms with Crippen LogP contribution >= 0.6 is 0 Å². The predicted octanol–water partition coefficient (Wildman–Crippen LogP) is 1.86. The molecule has 1 aliphatic rings. The zero-order valence-corrected chi connectivity index (χ0v) is 12.4. The third kappa shape index (κ3) is 2.04. The van der Waals surface area contributed by atoms with Gasteiger partial charge in [0.2, 0.25) is 0 Å². The van der Waals surface area contributed by atoms with E-state index in [4.69, 9.17) is 0 Å². The Bertz CT molecular complexity index is 657. The molecule has 0 amide bonds. The SMILES string of the molecule is CCc1ccc([C@@H]2[C@@H](S(=O)(=O)CC)[C@@]2(C#N)C=O)cc1. The Hall–Kier alpha value is -1.67. The first-order valence-corrected chi connectivity index (χ1v) is 8.36. The molecule has 1 aliphatic carbocycles. The van der Waals surface area contributed by atoms with Gasteiger partial charge in [0.15, 0.2) is 9.84 Å². The lowest BCUT2D eigenvalue weighted by Crippen LogP contribution is -2.17. The molecule has 0 unspecified atom stereocenters. The van der Waals surface area contributed by atoms with E-state index >= 15 is 0 Å². The van der Waals surface area contributed by atoms with Crippen molar-refractivity contribution in [3.05, 3.63) is 35.4 Å². The standard InChI is InChI=1S/C15H17NO3S/c1-3-11-5-7-12(8-6-11)13-14(20(18,19)4-2)15(13,9-16)10-17/h5-8,10,13-14H,3-4H2,1-2H3/t13-,14-,15+/m1/s1. The fourth-order valence-electron chi connectivity index (χ4n) is 2.77. The molecule has 4 nitrogen and oxygen atoms in total. The van der Waals surface area contributed by atoms with Crippen molar-refractivity contribution in [2.45, 2.75) is 31.4 Å². The Kier molecular flexibility index (Phi) is 3.70. The van der Waals surface area contributed by atoms with E-state index in [-0.39, 0.29) is 5.75 Å². The summed E-state index contributed by atoms with van der Waals surface area (Å²) in [4.78, 5) is 11.3. The van der Waals surface area contributed by atoms with Crippen molar-refractivity contribution in [2.24, 2.45) is 5.41 Å². The van der Waals surface area contributed by atoms with Crippen LogP contribution in [0, 0.1) is 16.7 Å². The van der Waals surface area contributed by atoms with E-state index in [1.54, 1.807) is 0 Å². The molecule has 0 saturated heterocycles. The summed E-state index contributed by atoms with van der Waals surface area (Å²) < 4.78 is 24.2. The molecule has 1 saturated carbocycles. The second-order valence-electron chi connectivity index (χ2n) is 5.11. The minimum atomic E-state index is -3.42. The number of benzene rings is 1. The minimum absolute atomic E-state index is 0.0571. The monoisotopic (exact) mass is 291 g/mol. The fourth-order valence-corrected chi connectivity index (χ4v) is 4.70. The van der Waals surface area contributed by atoms with E-state index in [9.17, 15) is 18.5 Å². The molecule has 0 bridgehead atoms. The van der Waals surface area contributed by atoms with Gasteiger partial charge in [-0.3, -0.25) is 0 Å². The van der Waals surface area contributed by atoms with Crippen LogP contribution in [0.15, 0.2) is 24.3 Å². The topological polar surface area (TPSA) is 75.0 Å². The normalized spacial score (nSPS) is 28.6. The van der Waals surface area contributed by atoms with E-state index < -0.39 is 26.4 Å². The summed E-state index contributed by atoms with van der Waals surface area (Å²) in [5.74, 6) is -0.598. The van der Waals surface area contributed by atoms with Crippen LogP contribution in [0.3, 0.4) is 0 Å². The van der Waals surface area contributed by atoms with Gasteiger partial charge in [0.1, 0.15) is 11.7 Å². The van der Waals surface area contributed by atoms with E-state index in [0.717, 1.165) is 17.5 Å². The first-order valence-electron chi connectivity index (χ1n) is 6.64. The van der Waals surface area contributed by atoms with Crippen molar-refractivity contribution in [2.75, 3.05) is 5.75 Å². The van der Waals surface area contributed by atoms with Crippen LogP contribution in [-0.2, 0) is 21.1 Å². The number of sulfone groups is 1. The largest absolute Gasteiger partial charge is 0.302 e. The van der Waals surface area contributed by atoms with Crippen LogP contribution in [0.25, 0.3) is 0 Å². The molecule has 0 N–H and O–H groups in total. The summed E-state index contributed by atoms with van der Waals surface area (Å²) >= 11 is 0. The average Bonchev–Trinajstić information content (AvgIpc) is 3.18. The summed E-state index contributed by atoms with van der Waals surface area (Å²) in [5, 5.41) is 8.37. The zero-order valence-electron chi connectivity index (χ0n) is 11.5. The number of carbonyl (C=O) groups is 1. The lowest BCUT2D eigenvalue weighted by Gasteiger charge is -2.02. The molecule has 3 atom stereocenters. The van der Waals surface area contributed by atoms with Crippen LogP contribution in [0.5, 0.6) is 0 Å². The maximum absolute atomic E-state index is 12.1. The Morgan fingerprint density at radius 3 is 2.30 bits per heavy atom. The van der Waals surface area contributed by atoms with Gasteiger partial charge in [0.05, 0.1) is 11.3 Å². The third-order valence-electron chi connectivity index (χ3n) is 4.10. The molecule has 0 aliphatic heterocycles. The lowest BCUT2D eigenvalue weighted by atomic mass is 10.0. The molecular weight excluding hydrogens is 274 g/mol. The number of hydrogen-bond donors (Lipinski definition) is 0. The maximum atomic E-state index is 12.1. The Morgan fingerprint density at radius 2 is 1.90 bits per heavy atom. The van der Waals surface area contributed by atoms with Gasteiger partial charge in [-0.15, -0.1) is 0 Å². The highest BCUT2D eigenvalue weighted by Crippen LogP contribution is 2.61. The van der Waals surface area contributed by atoms with Gasteiger partial charge < -0.3 is 4.79 Å². The van der Waals surface area contributed by atoms with Crippen LogP contribution in [0.4, 0.5) is 0 Å². The number of hydrogen-bond acceptors (Lipinski definition) is 4. The van der Waals surface area contributed by atoms with Crippen molar-refractivity contribution in [3.63, 3.8) is 0 Å². The quantitative estimate of drug-likeness (QED) is 0.776. The average molecular weight is 291 g/mol. The van der Waals surface area contributed by atoms with Crippen LogP contribution in [0.2, 0.25) is 0 Å². The molecule has 5 heteroatoms. The summed E-state index contributed by atoms with van der Waals surface area (Å²) in [6, 6.07) is 9.40. The molecule has 1 fully saturated rings. The summed E-state index contributed by atoms with van der Waals surface area (Å²) in [7, 11) is -3.42. The summed E-state index contributed by atoms with van der Waals surface area (Å²) in [6.45, 7) is 3.57. The molecule has 2 rings (SSSR count). The molecule has 1 aromatic carbocycles. The van der Waals surface area contributed by atoms with Crippen LogP contribution in [0.1, 0.15) is 30.9 Å². The summed E-state index contributed by atoms with van der Waals surface area (Å²) in [6.07, 6.45) is 1.39. The maximum Gasteiger partial charge on any atom is 0.155 e. The zero-order chi connectivity index (χ0) is 15.0. The molecule has 106 valence electrons. The van der Waals surface area contributed by atoms with Crippen LogP contribution < -0.4 is 0 Å². The number of carbonyl (C=O) groups excluding carboxylic acids is 1. The Morgan fingerprint density at radius 1 is 1.30 bits per heavy atom. The number of aryl methyl sites for hydroxylation is 1. The Labute approximate surface area is 119 Å². The molecule has 0 radical (unpaired) electrons. The van der Waals surface area contributed by atoms with Gasteiger partial charge in [-0.2, -0.15) is 5.26 Å². The lowest BCUT2D eigenvalue weighted by molar-refractivity contribution is -0.110. The van der Waals surface area contributed by atoms with Gasteiger partial charge in [-0.05, 0) is 17.5 Å². The molecule has 0 heterocycles. The van der Waals surface area contributed by atoms with E-state index in [0.29, 0.717) is 6.29 Å². The molecule has 0 aromatic heterocycles. The van der Waals surface area contributed by atoms with Crippen molar-refractivity contribution in [1.82, 2.24) is 0 Å². The number of aldehydes is 1. The predicted molar refractivity (Wildman–Crippen MR) is 75.9 cm³/mol. The number of nitrogens with zero attached hydrogens (tertiary/aromatic N) is 1. The highest BCUT2D eigenvalue weighted by molar-refractivity contribution is 7.92. The van der Waals surface area contributed by atoms with Crippen molar-refractivity contribution in [3.8, 4) is 6.07 Å². The summed E-state index contributed by atoms with van der Waals surface area (Å²) in [5.41, 5.74) is 0.471. The Balaban J connectivity index is 2.44. The van der Waals surface area contributed by atoms with Crippen LogP contribution in [-0.4, -0.2) is 25.7 Å². The van der Waals surface area contributed by atoms with Crippen molar-refractivity contribution >= 4 is 16.1 Å². The molecule has 0 spiro atoms. The van der Waals surface area contributed by atoms with Gasteiger partial charge in [0, 0.05) is 11.7 Å². The van der Waals surface area contributed by atoms with Gasteiger partial charge >= 0.3 is 0 Å². The smallest absolute Gasteiger partial charge is 0.155 e. The third-order valence-corrected chi connectivity index (χ3v) is 6.34. The molecule has 20 heavy (non-hydrogen) atoms. The van der Waals surface area contributed by atoms with Gasteiger partial charge in [0.25, 0.3) is 0 Å². The first kappa shape index (κ1) is 14.7. The highest BCUT2D eigenvalue weighted by Gasteiger charge is 2.72. The van der Waals surface area contributed by atoms with Crippen molar-refractivity contribution in [1.29, 1.82) is 5.26 Å². The van der Waals surface area contributed by atoms with E-state index in [1.807, 2.05) is 37.3 Å². The van der Waals surface area contributed by atoms with Gasteiger partial charge in [-0.1, -0.05) is 38.1 Å². The van der Waals surface area contributed by atoms with E-state index in [1.165, 1.54) is 6.92 Å². The molecular formula is C15H17NO3S. The first-order chi connectivity index (χ1) is 9.46.